The Hall–Kier alpha value is -0.160. The minimum Gasteiger partial charge on any atom is -0.380 e. The predicted octanol–water partition coefficient (Wildman–Crippen LogP) is 5.89. The summed E-state index contributed by atoms with van der Waals surface area (Å²) in [5, 5.41) is 0. The molecular weight excluding hydrogens is 398 g/mol. The van der Waals surface area contributed by atoms with E-state index < -0.39 is 0 Å². The number of hydrogen-bond acceptors (Lipinski definition) is 4. The molecule has 5 rings (SSSR count). The molecule has 3 saturated carbocycles. The molecular formula is C28H49NO3. The van der Waals surface area contributed by atoms with Gasteiger partial charge in [-0.15, -0.1) is 0 Å². The van der Waals surface area contributed by atoms with Gasteiger partial charge in [0.15, 0.2) is 6.29 Å². The first kappa shape index (κ1) is 23.6. The molecule has 7 atom stereocenters. The van der Waals surface area contributed by atoms with Crippen LogP contribution in [0.2, 0.25) is 0 Å². The van der Waals surface area contributed by atoms with E-state index in [1.807, 2.05) is 7.11 Å². The van der Waals surface area contributed by atoms with E-state index in [0.717, 1.165) is 19.1 Å². The van der Waals surface area contributed by atoms with Gasteiger partial charge in [0.25, 0.3) is 0 Å². The van der Waals surface area contributed by atoms with Crippen LogP contribution in [0.5, 0.6) is 0 Å². The Morgan fingerprint density at radius 1 is 0.938 bits per heavy atom. The van der Waals surface area contributed by atoms with Gasteiger partial charge in [-0.1, -0.05) is 40.5 Å². The van der Waals surface area contributed by atoms with Crippen molar-refractivity contribution in [3.63, 3.8) is 0 Å². The molecule has 3 aliphatic carbocycles. The van der Waals surface area contributed by atoms with Crippen molar-refractivity contribution in [2.24, 2.45) is 34.0 Å². The third kappa shape index (κ3) is 3.99. The monoisotopic (exact) mass is 447 g/mol. The van der Waals surface area contributed by atoms with E-state index in [1.54, 1.807) is 0 Å². The standard InChI is InChI=1S/C28H49NO3/c1-26(2)14-10-23-27(3,22(26)13-17-29-16-12-21(18-29)30-5)15-11-24-28(23,4)19-31-25(32-24)20-8-6-7-9-20/h20-25H,6-19H2,1-5H3/t21?,22-,23?,24-,25-,27+,28+/m1/s1. The van der Waals surface area contributed by atoms with Crippen molar-refractivity contribution >= 4 is 0 Å². The van der Waals surface area contributed by atoms with Crippen molar-refractivity contribution in [3.8, 4) is 0 Å². The summed E-state index contributed by atoms with van der Waals surface area (Å²) in [7, 11) is 1.87. The molecule has 5 fully saturated rings. The summed E-state index contributed by atoms with van der Waals surface area (Å²) in [4.78, 5) is 2.66. The second-order valence-corrected chi connectivity index (χ2v) is 13.3. The first-order chi connectivity index (χ1) is 15.3. The smallest absolute Gasteiger partial charge is 0.160 e. The van der Waals surface area contributed by atoms with Gasteiger partial charge in [-0.25, -0.2) is 0 Å². The molecule has 0 aromatic heterocycles. The molecule has 0 radical (unpaired) electrons. The Bertz CT molecular complexity index is 661. The van der Waals surface area contributed by atoms with Crippen molar-refractivity contribution in [1.29, 1.82) is 0 Å². The molecule has 2 heterocycles. The number of likely N-dealkylation sites (tertiary alicyclic amines) is 1. The topological polar surface area (TPSA) is 30.9 Å². The third-order valence-electron chi connectivity index (χ3n) is 11.0. The molecule has 0 aromatic carbocycles. The number of fused-ring (bicyclic) bond motifs is 3. The van der Waals surface area contributed by atoms with Crippen LogP contribution in [0.25, 0.3) is 0 Å². The zero-order chi connectivity index (χ0) is 22.6. The maximum atomic E-state index is 6.78. The van der Waals surface area contributed by atoms with Crippen LogP contribution in [-0.4, -0.2) is 56.7 Å². The minimum atomic E-state index is 0.0691. The lowest BCUT2D eigenvalue weighted by Gasteiger charge is -2.65. The van der Waals surface area contributed by atoms with Crippen LogP contribution in [0, 0.1) is 34.0 Å². The van der Waals surface area contributed by atoms with Crippen LogP contribution in [0.4, 0.5) is 0 Å². The first-order valence-electron chi connectivity index (χ1n) is 13.8. The summed E-state index contributed by atoms with van der Waals surface area (Å²) in [6, 6.07) is 0. The van der Waals surface area contributed by atoms with Crippen LogP contribution in [-0.2, 0) is 14.2 Å². The molecule has 32 heavy (non-hydrogen) atoms. The van der Waals surface area contributed by atoms with Gasteiger partial charge in [0.05, 0.1) is 18.8 Å². The van der Waals surface area contributed by atoms with Crippen molar-refractivity contribution in [1.82, 2.24) is 4.90 Å². The van der Waals surface area contributed by atoms with Crippen molar-refractivity contribution in [2.45, 2.75) is 110 Å². The summed E-state index contributed by atoms with van der Waals surface area (Å²) >= 11 is 0. The highest BCUT2D eigenvalue weighted by molar-refractivity contribution is 5.10. The molecule has 0 bridgehead atoms. The third-order valence-corrected chi connectivity index (χ3v) is 11.0. The number of ether oxygens (including phenoxy) is 3. The van der Waals surface area contributed by atoms with Crippen LogP contribution >= 0.6 is 0 Å². The Morgan fingerprint density at radius 3 is 2.44 bits per heavy atom. The average Bonchev–Trinajstić information content (AvgIpc) is 3.44. The largest absolute Gasteiger partial charge is 0.380 e. The fourth-order valence-electron chi connectivity index (χ4n) is 9.16. The fraction of sp³-hybridized carbons (Fsp3) is 1.00. The Morgan fingerprint density at radius 2 is 1.72 bits per heavy atom. The Kier molecular flexibility index (Phi) is 6.49. The van der Waals surface area contributed by atoms with Crippen molar-refractivity contribution in [3.05, 3.63) is 0 Å². The highest BCUT2D eigenvalue weighted by Gasteiger charge is 2.62. The van der Waals surface area contributed by atoms with Crippen LogP contribution < -0.4 is 0 Å². The predicted molar refractivity (Wildman–Crippen MR) is 128 cm³/mol. The lowest BCUT2D eigenvalue weighted by atomic mass is 9.42. The van der Waals surface area contributed by atoms with Crippen molar-refractivity contribution < 1.29 is 14.2 Å². The van der Waals surface area contributed by atoms with Gasteiger partial charge in [-0.2, -0.15) is 0 Å². The number of rotatable bonds is 5. The van der Waals surface area contributed by atoms with E-state index in [1.165, 1.54) is 77.3 Å². The molecule has 0 spiro atoms. The Balaban J connectivity index is 1.30. The van der Waals surface area contributed by atoms with E-state index in [0.29, 0.717) is 34.9 Å². The maximum Gasteiger partial charge on any atom is 0.160 e. The summed E-state index contributed by atoms with van der Waals surface area (Å²) < 4.78 is 18.9. The molecule has 184 valence electrons. The molecule has 4 nitrogen and oxygen atoms in total. The van der Waals surface area contributed by atoms with Crippen LogP contribution in [0.3, 0.4) is 0 Å². The number of nitrogens with zero attached hydrogens (tertiary/aromatic N) is 1. The first-order valence-corrected chi connectivity index (χ1v) is 13.8. The second-order valence-electron chi connectivity index (χ2n) is 13.3. The molecule has 2 saturated heterocycles. The zero-order valence-electron chi connectivity index (χ0n) is 21.5. The van der Waals surface area contributed by atoms with Crippen molar-refractivity contribution in [2.75, 3.05) is 33.4 Å². The summed E-state index contributed by atoms with van der Waals surface area (Å²) in [5.74, 6) is 2.12. The van der Waals surface area contributed by atoms with E-state index in [2.05, 4.69) is 32.6 Å². The van der Waals surface area contributed by atoms with Gasteiger partial charge in [-0.05, 0) is 80.6 Å². The van der Waals surface area contributed by atoms with Gasteiger partial charge in [0.1, 0.15) is 0 Å². The molecule has 2 aliphatic heterocycles. The lowest BCUT2D eigenvalue weighted by molar-refractivity contribution is -0.322. The normalized spacial score (nSPS) is 47.3. The molecule has 0 aromatic rings. The Labute approximate surface area is 197 Å². The van der Waals surface area contributed by atoms with Gasteiger partial charge >= 0.3 is 0 Å². The highest BCUT2D eigenvalue weighted by atomic mass is 16.7. The average molecular weight is 448 g/mol. The molecule has 0 amide bonds. The summed E-state index contributed by atoms with van der Waals surface area (Å²) in [6.07, 6.45) is 13.9. The lowest BCUT2D eigenvalue weighted by Crippen LogP contribution is -2.63. The number of methoxy groups -OCH3 is 1. The molecule has 2 unspecified atom stereocenters. The minimum absolute atomic E-state index is 0.0691. The van der Waals surface area contributed by atoms with E-state index >= 15 is 0 Å². The second kappa shape index (κ2) is 8.81. The highest BCUT2D eigenvalue weighted by Crippen LogP contribution is 2.66. The maximum absolute atomic E-state index is 6.78. The fourth-order valence-corrected chi connectivity index (χ4v) is 9.16. The van der Waals surface area contributed by atoms with E-state index in [4.69, 9.17) is 14.2 Å². The molecule has 4 heteroatoms. The van der Waals surface area contributed by atoms with Crippen LogP contribution in [0.15, 0.2) is 0 Å². The molecule has 5 aliphatic rings. The quantitative estimate of drug-likeness (QED) is 0.526. The van der Waals surface area contributed by atoms with Gasteiger partial charge in [-0.3, -0.25) is 0 Å². The van der Waals surface area contributed by atoms with Gasteiger partial charge < -0.3 is 19.1 Å². The molecule has 0 N–H and O–H groups in total. The summed E-state index contributed by atoms with van der Waals surface area (Å²) in [5.41, 5.74) is 0.976. The summed E-state index contributed by atoms with van der Waals surface area (Å²) in [6.45, 7) is 14.7. The SMILES string of the molecule is COC1CCN(CC[C@@H]2C(C)(C)CCC3[C@]4(C)CO[C@@H](C5CCCC5)O[C@@H]4CC[C@]32C)C1. The van der Waals surface area contributed by atoms with E-state index in [9.17, 15) is 0 Å². The van der Waals surface area contributed by atoms with E-state index in [-0.39, 0.29) is 11.7 Å². The van der Waals surface area contributed by atoms with Gasteiger partial charge in [0.2, 0.25) is 0 Å². The van der Waals surface area contributed by atoms with Crippen LogP contribution in [0.1, 0.15) is 91.9 Å². The van der Waals surface area contributed by atoms with Gasteiger partial charge in [0, 0.05) is 31.5 Å². The zero-order valence-corrected chi connectivity index (χ0v) is 21.5. The number of hydrogen-bond donors (Lipinski definition) is 0.